The van der Waals surface area contributed by atoms with Crippen LogP contribution in [0.2, 0.25) is 0 Å². The third-order valence-electron chi connectivity index (χ3n) is 3.06. The Bertz CT molecular complexity index is 179. The standard InChI is InChI=1S/C10H18O3/c1-6-4-8(10(11)12)5-7(2)9(6)13-3/h6-9H,4-5H2,1-3H3,(H,11,12)/t6-,7+,8?,9?. The second kappa shape index (κ2) is 4.09. The van der Waals surface area contributed by atoms with E-state index in [9.17, 15) is 4.79 Å². The van der Waals surface area contributed by atoms with Crippen molar-refractivity contribution in [1.82, 2.24) is 0 Å². The molecular formula is C10H18O3. The number of methoxy groups -OCH3 is 1. The van der Waals surface area contributed by atoms with Gasteiger partial charge in [-0.15, -0.1) is 0 Å². The van der Waals surface area contributed by atoms with Gasteiger partial charge in [0.25, 0.3) is 0 Å². The van der Waals surface area contributed by atoms with E-state index in [0.29, 0.717) is 11.8 Å². The smallest absolute Gasteiger partial charge is 0.306 e. The Hall–Kier alpha value is -0.570. The number of carboxylic acids is 1. The summed E-state index contributed by atoms with van der Waals surface area (Å²) in [7, 11) is 1.71. The molecule has 0 bridgehead atoms. The minimum atomic E-state index is -0.659. The van der Waals surface area contributed by atoms with Gasteiger partial charge in [0, 0.05) is 7.11 Å². The zero-order chi connectivity index (χ0) is 10.0. The van der Waals surface area contributed by atoms with Gasteiger partial charge in [0.1, 0.15) is 0 Å². The van der Waals surface area contributed by atoms with E-state index in [0.717, 1.165) is 12.8 Å². The molecule has 0 heterocycles. The highest BCUT2D eigenvalue weighted by atomic mass is 16.5. The quantitative estimate of drug-likeness (QED) is 0.715. The lowest BCUT2D eigenvalue weighted by Gasteiger charge is -2.36. The Morgan fingerprint density at radius 1 is 1.31 bits per heavy atom. The predicted octanol–water partition coefficient (Wildman–Crippen LogP) is 1.77. The number of aliphatic carboxylic acids is 1. The molecule has 2 unspecified atom stereocenters. The van der Waals surface area contributed by atoms with Crippen molar-refractivity contribution in [3.05, 3.63) is 0 Å². The van der Waals surface area contributed by atoms with Crippen LogP contribution in [0, 0.1) is 17.8 Å². The van der Waals surface area contributed by atoms with Crippen LogP contribution in [0.4, 0.5) is 0 Å². The van der Waals surface area contributed by atoms with Crippen molar-refractivity contribution in [2.75, 3.05) is 7.11 Å². The summed E-state index contributed by atoms with van der Waals surface area (Å²) in [6.45, 7) is 4.14. The molecule has 0 aromatic heterocycles. The average Bonchev–Trinajstić information content (AvgIpc) is 2.03. The van der Waals surface area contributed by atoms with Gasteiger partial charge in [-0.3, -0.25) is 4.79 Å². The maximum Gasteiger partial charge on any atom is 0.306 e. The fourth-order valence-corrected chi connectivity index (χ4v) is 2.49. The number of hydrogen-bond acceptors (Lipinski definition) is 2. The van der Waals surface area contributed by atoms with E-state index < -0.39 is 5.97 Å². The topological polar surface area (TPSA) is 46.5 Å². The number of hydrogen-bond donors (Lipinski definition) is 1. The molecule has 3 nitrogen and oxygen atoms in total. The van der Waals surface area contributed by atoms with Gasteiger partial charge in [-0.05, 0) is 24.7 Å². The maximum absolute atomic E-state index is 10.8. The van der Waals surface area contributed by atoms with Gasteiger partial charge in [0.2, 0.25) is 0 Å². The van der Waals surface area contributed by atoms with Gasteiger partial charge in [0.05, 0.1) is 12.0 Å². The van der Waals surface area contributed by atoms with Gasteiger partial charge in [-0.2, -0.15) is 0 Å². The summed E-state index contributed by atoms with van der Waals surface area (Å²) in [4.78, 5) is 10.8. The van der Waals surface area contributed by atoms with Gasteiger partial charge >= 0.3 is 5.97 Å². The van der Waals surface area contributed by atoms with Crippen molar-refractivity contribution in [2.45, 2.75) is 32.8 Å². The van der Waals surface area contributed by atoms with Crippen LogP contribution < -0.4 is 0 Å². The summed E-state index contributed by atoms with van der Waals surface area (Å²) in [6.07, 6.45) is 1.73. The average molecular weight is 186 g/mol. The molecule has 0 aromatic rings. The monoisotopic (exact) mass is 186 g/mol. The van der Waals surface area contributed by atoms with Crippen LogP contribution in [0.1, 0.15) is 26.7 Å². The summed E-state index contributed by atoms with van der Waals surface area (Å²) < 4.78 is 5.35. The summed E-state index contributed by atoms with van der Waals surface area (Å²) in [5.41, 5.74) is 0. The molecule has 3 heteroatoms. The van der Waals surface area contributed by atoms with Crippen LogP contribution in [-0.4, -0.2) is 24.3 Å². The Morgan fingerprint density at radius 2 is 1.77 bits per heavy atom. The summed E-state index contributed by atoms with van der Waals surface area (Å²) in [5, 5.41) is 8.89. The first-order valence-electron chi connectivity index (χ1n) is 4.81. The molecule has 0 saturated heterocycles. The van der Waals surface area contributed by atoms with E-state index in [-0.39, 0.29) is 12.0 Å². The van der Waals surface area contributed by atoms with Gasteiger partial charge < -0.3 is 9.84 Å². The second-order valence-corrected chi connectivity index (χ2v) is 4.16. The molecule has 1 aliphatic carbocycles. The van der Waals surface area contributed by atoms with E-state index in [1.54, 1.807) is 7.11 Å². The zero-order valence-corrected chi connectivity index (χ0v) is 8.49. The SMILES string of the molecule is COC1[C@H](C)CC(C(=O)O)C[C@@H]1C. The molecule has 0 aromatic carbocycles. The van der Waals surface area contributed by atoms with Crippen LogP contribution in [0.15, 0.2) is 0 Å². The Labute approximate surface area is 79.1 Å². The van der Waals surface area contributed by atoms with E-state index >= 15 is 0 Å². The lowest BCUT2D eigenvalue weighted by Crippen LogP contribution is -2.38. The number of carboxylic acid groups (broad SMARTS) is 1. The van der Waals surface area contributed by atoms with Crippen LogP contribution in [-0.2, 0) is 9.53 Å². The Balaban J connectivity index is 2.61. The predicted molar refractivity (Wildman–Crippen MR) is 49.5 cm³/mol. The van der Waals surface area contributed by atoms with E-state index in [4.69, 9.17) is 9.84 Å². The Kier molecular flexibility index (Phi) is 3.31. The number of ether oxygens (including phenoxy) is 1. The highest BCUT2D eigenvalue weighted by Crippen LogP contribution is 2.34. The number of carbonyl (C=O) groups is 1. The summed E-state index contributed by atoms with van der Waals surface area (Å²) >= 11 is 0. The van der Waals surface area contributed by atoms with Crippen LogP contribution in [0.3, 0.4) is 0 Å². The third-order valence-corrected chi connectivity index (χ3v) is 3.06. The molecule has 1 N–H and O–H groups in total. The second-order valence-electron chi connectivity index (χ2n) is 4.16. The normalized spacial score (nSPS) is 40.2. The van der Waals surface area contributed by atoms with Crippen LogP contribution in [0.25, 0.3) is 0 Å². The first-order chi connectivity index (χ1) is 6.06. The van der Waals surface area contributed by atoms with Crippen molar-refractivity contribution < 1.29 is 14.6 Å². The number of rotatable bonds is 2. The molecule has 76 valence electrons. The van der Waals surface area contributed by atoms with Gasteiger partial charge in [0.15, 0.2) is 0 Å². The molecule has 1 fully saturated rings. The van der Waals surface area contributed by atoms with Crippen LogP contribution >= 0.6 is 0 Å². The lowest BCUT2D eigenvalue weighted by molar-refractivity contribution is -0.146. The minimum absolute atomic E-state index is 0.170. The molecule has 0 aliphatic heterocycles. The minimum Gasteiger partial charge on any atom is -0.481 e. The molecule has 1 aliphatic rings. The molecular weight excluding hydrogens is 168 g/mol. The molecule has 0 amide bonds. The molecule has 0 radical (unpaired) electrons. The van der Waals surface area contributed by atoms with Crippen molar-refractivity contribution in [2.24, 2.45) is 17.8 Å². The van der Waals surface area contributed by atoms with E-state index in [1.807, 2.05) is 0 Å². The Morgan fingerprint density at radius 3 is 2.08 bits per heavy atom. The van der Waals surface area contributed by atoms with Crippen molar-refractivity contribution in [3.63, 3.8) is 0 Å². The fraction of sp³-hybridized carbons (Fsp3) is 0.900. The molecule has 4 atom stereocenters. The van der Waals surface area contributed by atoms with E-state index in [2.05, 4.69) is 13.8 Å². The lowest BCUT2D eigenvalue weighted by atomic mass is 9.74. The van der Waals surface area contributed by atoms with Crippen molar-refractivity contribution in [1.29, 1.82) is 0 Å². The van der Waals surface area contributed by atoms with E-state index in [1.165, 1.54) is 0 Å². The molecule has 0 spiro atoms. The zero-order valence-electron chi connectivity index (χ0n) is 8.49. The fourth-order valence-electron chi connectivity index (χ4n) is 2.49. The van der Waals surface area contributed by atoms with Crippen molar-refractivity contribution in [3.8, 4) is 0 Å². The third kappa shape index (κ3) is 2.21. The van der Waals surface area contributed by atoms with Gasteiger partial charge in [-0.25, -0.2) is 0 Å². The molecule has 1 saturated carbocycles. The summed E-state index contributed by atoms with van der Waals surface area (Å²) in [6, 6.07) is 0. The van der Waals surface area contributed by atoms with Crippen LogP contribution in [0.5, 0.6) is 0 Å². The summed E-state index contributed by atoms with van der Waals surface area (Å²) in [5.74, 6) is -0.116. The maximum atomic E-state index is 10.8. The molecule has 13 heavy (non-hydrogen) atoms. The largest absolute Gasteiger partial charge is 0.481 e. The highest BCUT2D eigenvalue weighted by Gasteiger charge is 2.36. The first kappa shape index (κ1) is 10.5. The molecule has 1 rings (SSSR count). The van der Waals surface area contributed by atoms with Gasteiger partial charge in [-0.1, -0.05) is 13.8 Å². The van der Waals surface area contributed by atoms with Crippen molar-refractivity contribution >= 4 is 5.97 Å². The first-order valence-corrected chi connectivity index (χ1v) is 4.81. The highest BCUT2D eigenvalue weighted by molar-refractivity contribution is 5.70.